The number of benzene rings is 2. The zero-order chi connectivity index (χ0) is 20.7. The standard InChI is InChI=1S/C21H22ClF3N2O/c1-3-27(4-2)14-15-5-10-18(11-6-15)26-20(28)12-8-16-7-9-17(13-19(16)22)21(23,24)25/h5-13H,3-4,14H2,1-2H3,(H,26,28)/b12-8+. The summed E-state index contributed by atoms with van der Waals surface area (Å²) >= 11 is 5.87. The van der Waals surface area contributed by atoms with Crippen LogP contribution in [0.2, 0.25) is 5.02 Å². The second-order valence-corrected chi connectivity index (χ2v) is 6.62. The number of nitrogens with one attached hydrogen (secondary N) is 1. The van der Waals surface area contributed by atoms with Gasteiger partial charge in [0.2, 0.25) is 5.91 Å². The van der Waals surface area contributed by atoms with Crippen molar-refractivity contribution in [3.05, 3.63) is 70.3 Å². The van der Waals surface area contributed by atoms with Crippen LogP contribution in [0.15, 0.2) is 48.5 Å². The number of alkyl halides is 3. The Morgan fingerprint density at radius 3 is 2.29 bits per heavy atom. The molecule has 0 aromatic heterocycles. The fourth-order valence-corrected chi connectivity index (χ4v) is 2.83. The molecule has 7 heteroatoms. The number of halogens is 4. The van der Waals surface area contributed by atoms with Crippen molar-refractivity contribution in [2.24, 2.45) is 0 Å². The molecule has 2 aromatic carbocycles. The third kappa shape index (κ3) is 6.39. The highest BCUT2D eigenvalue weighted by Gasteiger charge is 2.30. The summed E-state index contributed by atoms with van der Waals surface area (Å²) in [6.07, 6.45) is -1.84. The van der Waals surface area contributed by atoms with E-state index in [2.05, 4.69) is 24.1 Å². The maximum Gasteiger partial charge on any atom is 0.416 e. The number of rotatable bonds is 7. The molecule has 2 aromatic rings. The lowest BCUT2D eigenvalue weighted by Gasteiger charge is -2.18. The lowest BCUT2D eigenvalue weighted by atomic mass is 10.1. The third-order valence-corrected chi connectivity index (χ3v) is 4.59. The number of amides is 1. The second kappa shape index (κ2) is 9.75. The lowest BCUT2D eigenvalue weighted by molar-refractivity contribution is -0.137. The van der Waals surface area contributed by atoms with Gasteiger partial charge in [-0.3, -0.25) is 9.69 Å². The molecule has 0 bridgehead atoms. The second-order valence-electron chi connectivity index (χ2n) is 6.21. The number of carbonyl (C=O) groups is 1. The molecule has 150 valence electrons. The maximum absolute atomic E-state index is 12.7. The van der Waals surface area contributed by atoms with Crippen molar-refractivity contribution in [1.82, 2.24) is 4.90 Å². The van der Waals surface area contributed by atoms with E-state index in [-0.39, 0.29) is 5.02 Å². The predicted octanol–water partition coefficient (Wildman–Crippen LogP) is 5.85. The average Bonchev–Trinajstić information content (AvgIpc) is 2.65. The Balaban J connectivity index is 1.98. The van der Waals surface area contributed by atoms with Crippen LogP contribution in [0.1, 0.15) is 30.5 Å². The highest BCUT2D eigenvalue weighted by atomic mass is 35.5. The van der Waals surface area contributed by atoms with Crippen LogP contribution in [0.3, 0.4) is 0 Å². The van der Waals surface area contributed by atoms with E-state index in [0.29, 0.717) is 11.3 Å². The van der Waals surface area contributed by atoms with Crippen molar-refractivity contribution in [2.45, 2.75) is 26.6 Å². The summed E-state index contributed by atoms with van der Waals surface area (Å²) in [6, 6.07) is 10.5. The summed E-state index contributed by atoms with van der Waals surface area (Å²) in [7, 11) is 0. The van der Waals surface area contributed by atoms with Crippen LogP contribution in [-0.2, 0) is 17.5 Å². The van der Waals surface area contributed by atoms with Gasteiger partial charge in [-0.25, -0.2) is 0 Å². The summed E-state index contributed by atoms with van der Waals surface area (Å²) in [6.45, 7) is 6.98. The first-order chi connectivity index (χ1) is 13.2. The van der Waals surface area contributed by atoms with Crippen LogP contribution >= 0.6 is 11.6 Å². The summed E-state index contributed by atoms with van der Waals surface area (Å²) < 4.78 is 38.0. The first-order valence-electron chi connectivity index (χ1n) is 8.90. The van der Waals surface area contributed by atoms with Crippen LogP contribution in [0.5, 0.6) is 0 Å². The molecule has 0 saturated heterocycles. The first kappa shape index (κ1) is 22.0. The molecule has 0 saturated carbocycles. The molecule has 28 heavy (non-hydrogen) atoms. The largest absolute Gasteiger partial charge is 0.416 e. The number of nitrogens with zero attached hydrogens (tertiary/aromatic N) is 1. The smallest absolute Gasteiger partial charge is 0.323 e. The Morgan fingerprint density at radius 2 is 1.75 bits per heavy atom. The van der Waals surface area contributed by atoms with Crippen molar-refractivity contribution in [2.75, 3.05) is 18.4 Å². The van der Waals surface area contributed by atoms with Gasteiger partial charge in [0.05, 0.1) is 5.56 Å². The van der Waals surface area contributed by atoms with Crippen molar-refractivity contribution in [3.63, 3.8) is 0 Å². The van der Waals surface area contributed by atoms with Gasteiger partial charge in [0.25, 0.3) is 0 Å². The van der Waals surface area contributed by atoms with Crippen molar-refractivity contribution < 1.29 is 18.0 Å². The Kier molecular flexibility index (Phi) is 7.66. The van der Waals surface area contributed by atoms with Crippen LogP contribution < -0.4 is 5.32 Å². The third-order valence-electron chi connectivity index (χ3n) is 4.26. The van der Waals surface area contributed by atoms with Gasteiger partial charge in [-0.05, 0) is 54.6 Å². The van der Waals surface area contributed by atoms with Gasteiger partial charge < -0.3 is 5.32 Å². The molecular formula is C21H22ClF3N2O. The Labute approximate surface area is 167 Å². The molecule has 0 aliphatic heterocycles. The van der Waals surface area contributed by atoms with E-state index in [1.165, 1.54) is 18.2 Å². The monoisotopic (exact) mass is 410 g/mol. The molecule has 2 rings (SSSR count). The first-order valence-corrected chi connectivity index (χ1v) is 9.27. The van der Waals surface area contributed by atoms with Gasteiger partial charge in [-0.1, -0.05) is 43.6 Å². The molecule has 3 nitrogen and oxygen atoms in total. The fraction of sp³-hybridized carbons (Fsp3) is 0.286. The molecule has 0 radical (unpaired) electrons. The molecular weight excluding hydrogens is 389 g/mol. The van der Waals surface area contributed by atoms with Gasteiger partial charge >= 0.3 is 6.18 Å². The van der Waals surface area contributed by atoms with Crippen LogP contribution in [0, 0.1) is 0 Å². The summed E-state index contributed by atoms with van der Waals surface area (Å²) in [4.78, 5) is 14.3. The number of carbonyl (C=O) groups excluding carboxylic acids is 1. The van der Waals surface area contributed by atoms with E-state index in [1.807, 2.05) is 24.3 Å². The predicted molar refractivity (Wildman–Crippen MR) is 107 cm³/mol. The van der Waals surface area contributed by atoms with E-state index in [0.717, 1.165) is 37.3 Å². The lowest BCUT2D eigenvalue weighted by Crippen LogP contribution is -2.22. The molecule has 0 aliphatic carbocycles. The Bertz CT molecular complexity index is 829. The minimum Gasteiger partial charge on any atom is -0.323 e. The van der Waals surface area contributed by atoms with Crippen molar-refractivity contribution >= 4 is 29.3 Å². The van der Waals surface area contributed by atoms with Crippen molar-refractivity contribution in [3.8, 4) is 0 Å². The SMILES string of the molecule is CCN(CC)Cc1ccc(NC(=O)/C=C/c2ccc(C(F)(F)F)cc2Cl)cc1. The minimum absolute atomic E-state index is 0.0698. The van der Waals surface area contributed by atoms with Gasteiger partial charge in [-0.15, -0.1) is 0 Å². The molecule has 1 N–H and O–H groups in total. The fourth-order valence-electron chi connectivity index (χ4n) is 2.59. The topological polar surface area (TPSA) is 32.3 Å². The molecule has 0 fully saturated rings. The zero-order valence-corrected chi connectivity index (χ0v) is 16.4. The molecule has 0 aliphatic rings. The van der Waals surface area contributed by atoms with Gasteiger partial charge in [0.1, 0.15) is 0 Å². The Hall–Kier alpha value is -2.31. The highest BCUT2D eigenvalue weighted by molar-refractivity contribution is 6.32. The van der Waals surface area contributed by atoms with E-state index in [9.17, 15) is 18.0 Å². The number of anilines is 1. The molecule has 0 spiro atoms. The normalized spacial score (nSPS) is 12.0. The summed E-state index contributed by atoms with van der Waals surface area (Å²) in [5.74, 6) is -0.396. The molecule has 1 amide bonds. The molecule has 0 heterocycles. The van der Waals surface area contributed by atoms with Crippen LogP contribution in [0.25, 0.3) is 6.08 Å². The van der Waals surface area contributed by atoms with E-state index >= 15 is 0 Å². The number of hydrogen-bond acceptors (Lipinski definition) is 2. The quantitative estimate of drug-likeness (QED) is 0.580. The Morgan fingerprint density at radius 1 is 1.11 bits per heavy atom. The maximum atomic E-state index is 12.7. The van der Waals surface area contributed by atoms with E-state index in [4.69, 9.17) is 11.6 Å². The summed E-state index contributed by atoms with van der Waals surface area (Å²) in [5, 5.41) is 2.64. The summed E-state index contributed by atoms with van der Waals surface area (Å²) in [5.41, 5.74) is 1.29. The zero-order valence-electron chi connectivity index (χ0n) is 15.7. The number of hydrogen-bond donors (Lipinski definition) is 1. The molecule has 0 unspecified atom stereocenters. The minimum atomic E-state index is -4.46. The van der Waals surface area contributed by atoms with Gasteiger partial charge in [-0.2, -0.15) is 13.2 Å². The van der Waals surface area contributed by atoms with Crippen molar-refractivity contribution in [1.29, 1.82) is 0 Å². The van der Waals surface area contributed by atoms with E-state index < -0.39 is 17.6 Å². The van der Waals surface area contributed by atoms with E-state index in [1.54, 1.807) is 0 Å². The van der Waals surface area contributed by atoms with Gasteiger partial charge in [0.15, 0.2) is 0 Å². The van der Waals surface area contributed by atoms with Crippen LogP contribution in [-0.4, -0.2) is 23.9 Å². The highest BCUT2D eigenvalue weighted by Crippen LogP contribution is 2.32. The van der Waals surface area contributed by atoms with Gasteiger partial charge in [0, 0.05) is 23.3 Å². The molecule has 0 atom stereocenters. The van der Waals surface area contributed by atoms with Crippen LogP contribution in [0.4, 0.5) is 18.9 Å². The average molecular weight is 411 g/mol.